The predicted octanol–water partition coefficient (Wildman–Crippen LogP) is 2.62. The van der Waals surface area contributed by atoms with Gasteiger partial charge in [0.25, 0.3) is 0 Å². The lowest BCUT2D eigenvalue weighted by atomic mass is 9.73. The summed E-state index contributed by atoms with van der Waals surface area (Å²) in [7, 11) is 0. The smallest absolute Gasteiger partial charge is 0.154 e. The van der Waals surface area contributed by atoms with E-state index >= 15 is 0 Å². The molecule has 1 saturated heterocycles. The predicted molar refractivity (Wildman–Crippen MR) is 61.9 cm³/mol. The zero-order valence-corrected chi connectivity index (χ0v) is 10.1. The van der Waals surface area contributed by atoms with Gasteiger partial charge in [0.05, 0.1) is 5.54 Å². The maximum atomic E-state index is 12.1. The molecular weight excluding hydrogens is 186 g/mol. The monoisotopic (exact) mass is 209 g/mol. The number of hydrogen-bond acceptors (Lipinski definition) is 2. The number of likely N-dealkylation sites (tertiary alicyclic amines) is 1. The average molecular weight is 209 g/mol. The summed E-state index contributed by atoms with van der Waals surface area (Å²) in [6, 6.07) is 0. The number of carbonyl (C=O) groups excluding carboxylic acids is 1. The number of carbonyl (C=O) groups is 1. The fourth-order valence-corrected chi connectivity index (χ4v) is 3.48. The fourth-order valence-electron chi connectivity index (χ4n) is 3.48. The largest absolute Gasteiger partial charge is 0.298 e. The van der Waals surface area contributed by atoms with Gasteiger partial charge >= 0.3 is 0 Å². The van der Waals surface area contributed by atoms with E-state index in [2.05, 4.69) is 18.7 Å². The first kappa shape index (κ1) is 11.1. The maximum absolute atomic E-state index is 12.1. The molecule has 2 nitrogen and oxygen atoms in total. The number of ketones is 1. The Morgan fingerprint density at radius 3 is 2.53 bits per heavy atom. The van der Waals surface area contributed by atoms with Gasteiger partial charge in [-0.25, -0.2) is 0 Å². The Labute approximate surface area is 93.0 Å². The molecule has 2 heteroatoms. The second-order valence-corrected chi connectivity index (χ2v) is 5.14. The summed E-state index contributed by atoms with van der Waals surface area (Å²) in [6.07, 6.45) is 6.86. The van der Waals surface area contributed by atoms with Crippen LogP contribution in [0.4, 0.5) is 0 Å². The van der Waals surface area contributed by atoms with Gasteiger partial charge in [0.2, 0.25) is 0 Å². The van der Waals surface area contributed by atoms with Gasteiger partial charge in [-0.05, 0) is 38.1 Å². The van der Waals surface area contributed by atoms with Crippen LogP contribution in [0.15, 0.2) is 0 Å². The van der Waals surface area contributed by atoms with Crippen LogP contribution in [-0.2, 0) is 4.79 Å². The summed E-state index contributed by atoms with van der Waals surface area (Å²) >= 11 is 0. The third-order valence-electron chi connectivity index (χ3n) is 4.62. The van der Waals surface area contributed by atoms with Crippen LogP contribution < -0.4 is 0 Å². The van der Waals surface area contributed by atoms with Crippen LogP contribution in [0.3, 0.4) is 0 Å². The van der Waals surface area contributed by atoms with Gasteiger partial charge in [0, 0.05) is 13.0 Å². The molecule has 2 fully saturated rings. The van der Waals surface area contributed by atoms with Crippen molar-refractivity contribution in [2.24, 2.45) is 5.92 Å². The molecule has 1 saturated carbocycles. The topological polar surface area (TPSA) is 20.3 Å². The standard InChI is InChI=1S/C13H23NO/c1-3-11-5-8-13(9-6-11)12(15)7-10-14(13)4-2/h11H,3-10H2,1-2H3. The van der Waals surface area contributed by atoms with E-state index in [0.29, 0.717) is 5.78 Å². The lowest BCUT2D eigenvalue weighted by molar-refractivity contribution is -0.127. The molecule has 1 spiro atoms. The molecule has 86 valence electrons. The number of Topliss-reactive ketones (excluding diaryl/α,β-unsaturated/α-hetero) is 1. The van der Waals surface area contributed by atoms with E-state index in [1.165, 1.54) is 19.3 Å². The van der Waals surface area contributed by atoms with Gasteiger partial charge < -0.3 is 0 Å². The average Bonchev–Trinajstić information content (AvgIpc) is 2.58. The summed E-state index contributed by atoms with van der Waals surface area (Å²) in [5, 5.41) is 0. The molecule has 2 rings (SSSR count). The molecule has 1 heterocycles. The van der Waals surface area contributed by atoms with E-state index in [0.717, 1.165) is 38.3 Å². The third kappa shape index (κ3) is 1.73. The van der Waals surface area contributed by atoms with Crippen LogP contribution >= 0.6 is 0 Å². The highest BCUT2D eigenvalue weighted by Gasteiger charge is 2.48. The van der Waals surface area contributed by atoms with Crippen molar-refractivity contribution in [3.05, 3.63) is 0 Å². The molecule has 15 heavy (non-hydrogen) atoms. The zero-order valence-electron chi connectivity index (χ0n) is 10.1. The molecule has 0 amide bonds. The molecule has 0 aromatic carbocycles. The van der Waals surface area contributed by atoms with Crippen molar-refractivity contribution in [2.45, 2.75) is 57.9 Å². The van der Waals surface area contributed by atoms with Crippen LogP contribution in [-0.4, -0.2) is 29.3 Å². The minimum Gasteiger partial charge on any atom is -0.298 e. The SMILES string of the molecule is CCC1CCC2(CC1)C(=O)CCN2CC. The lowest BCUT2D eigenvalue weighted by Gasteiger charge is -2.42. The zero-order chi connectivity index (χ0) is 10.9. The van der Waals surface area contributed by atoms with E-state index in [4.69, 9.17) is 0 Å². The highest BCUT2D eigenvalue weighted by Crippen LogP contribution is 2.41. The van der Waals surface area contributed by atoms with Crippen molar-refractivity contribution in [1.29, 1.82) is 0 Å². The van der Waals surface area contributed by atoms with E-state index in [9.17, 15) is 4.79 Å². The summed E-state index contributed by atoms with van der Waals surface area (Å²) < 4.78 is 0. The highest BCUT2D eigenvalue weighted by molar-refractivity contribution is 5.90. The van der Waals surface area contributed by atoms with Crippen molar-refractivity contribution in [3.8, 4) is 0 Å². The molecule has 0 unspecified atom stereocenters. The Bertz CT molecular complexity index is 241. The summed E-state index contributed by atoms with van der Waals surface area (Å²) in [5.41, 5.74) is -0.0274. The van der Waals surface area contributed by atoms with Crippen LogP contribution in [0.1, 0.15) is 52.4 Å². The van der Waals surface area contributed by atoms with E-state index in [1.54, 1.807) is 0 Å². The van der Waals surface area contributed by atoms with Crippen molar-refractivity contribution >= 4 is 5.78 Å². The molecule has 2 aliphatic rings. The molecule has 0 aromatic rings. The van der Waals surface area contributed by atoms with Gasteiger partial charge in [-0.2, -0.15) is 0 Å². The van der Waals surface area contributed by atoms with Crippen LogP contribution in [0, 0.1) is 5.92 Å². The molecule has 0 N–H and O–H groups in total. The van der Waals surface area contributed by atoms with Gasteiger partial charge in [0.1, 0.15) is 0 Å². The van der Waals surface area contributed by atoms with E-state index in [1.807, 2.05) is 0 Å². The van der Waals surface area contributed by atoms with Crippen molar-refractivity contribution in [3.63, 3.8) is 0 Å². The Morgan fingerprint density at radius 2 is 2.00 bits per heavy atom. The third-order valence-corrected chi connectivity index (χ3v) is 4.62. The second-order valence-electron chi connectivity index (χ2n) is 5.14. The number of rotatable bonds is 2. The molecule has 1 aliphatic heterocycles. The Kier molecular flexibility index (Phi) is 3.15. The lowest BCUT2D eigenvalue weighted by Crippen LogP contribution is -2.50. The molecule has 1 aliphatic carbocycles. The minimum atomic E-state index is -0.0274. The molecule has 0 aromatic heterocycles. The van der Waals surface area contributed by atoms with Gasteiger partial charge in [-0.1, -0.05) is 20.3 Å². The maximum Gasteiger partial charge on any atom is 0.154 e. The van der Waals surface area contributed by atoms with Crippen molar-refractivity contribution < 1.29 is 4.79 Å². The summed E-state index contributed by atoms with van der Waals surface area (Å²) in [6.45, 7) is 6.51. The molecule has 0 atom stereocenters. The first-order valence-corrected chi connectivity index (χ1v) is 6.51. The van der Waals surface area contributed by atoms with Crippen LogP contribution in [0.2, 0.25) is 0 Å². The second kappa shape index (κ2) is 4.25. The first-order chi connectivity index (χ1) is 7.23. The fraction of sp³-hybridized carbons (Fsp3) is 0.923. The first-order valence-electron chi connectivity index (χ1n) is 6.51. The highest BCUT2D eigenvalue weighted by atomic mass is 16.1. The Balaban J connectivity index is 2.09. The van der Waals surface area contributed by atoms with Gasteiger partial charge in [-0.15, -0.1) is 0 Å². The van der Waals surface area contributed by atoms with Crippen molar-refractivity contribution in [1.82, 2.24) is 4.90 Å². The number of likely N-dealkylation sites (N-methyl/N-ethyl adjacent to an activating group) is 1. The summed E-state index contributed by atoms with van der Waals surface area (Å²) in [4.78, 5) is 14.5. The van der Waals surface area contributed by atoms with E-state index < -0.39 is 0 Å². The van der Waals surface area contributed by atoms with E-state index in [-0.39, 0.29) is 5.54 Å². The number of hydrogen-bond donors (Lipinski definition) is 0. The van der Waals surface area contributed by atoms with Crippen LogP contribution in [0.5, 0.6) is 0 Å². The molecular formula is C13H23NO. The van der Waals surface area contributed by atoms with Gasteiger partial charge in [0.15, 0.2) is 5.78 Å². The Morgan fingerprint density at radius 1 is 1.33 bits per heavy atom. The normalized spacial score (nSPS) is 37.7. The van der Waals surface area contributed by atoms with Crippen LogP contribution in [0.25, 0.3) is 0 Å². The molecule has 0 bridgehead atoms. The summed E-state index contributed by atoms with van der Waals surface area (Å²) in [5.74, 6) is 1.40. The van der Waals surface area contributed by atoms with Crippen molar-refractivity contribution in [2.75, 3.05) is 13.1 Å². The van der Waals surface area contributed by atoms with Gasteiger partial charge in [-0.3, -0.25) is 9.69 Å². The quantitative estimate of drug-likeness (QED) is 0.697. The molecule has 0 radical (unpaired) electrons. The minimum absolute atomic E-state index is 0.0274. The Hall–Kier alpha value is -0.370. The number of nitrogens with zero attached hydrogens (tertiary/aromatic N) is 1.